The van der Waals surface area contributed by atoms with Crippen molar-refractivity contribution in [2.24, 2.45) is 0 Å². The third kappa shape index (κ3) is 4.86. The van der Waals surface area contributed by atoms with E-state index in [2.05, 4.69) is 0 Å². The molecule has 0 unspecified atom stereocenters. The minimum Gasteiger partial charge on any atom is -0.425 e. The first-order valence-electron chi connectivity index (χ1n) is 7.85. The Hall–Kier alpha value is -2.31. The highest BCUT2D eigenvalue weighted by atomic mass is 32.2. The zero-order chi connectivity index (χ0) is 19.2. The van der Waals surface area contributed by atoms with Crippen LogP contribution >= 0.6 is 11.8 Å². The maximum absolute atomic E-state index is 13.2. The van der Waals surface area contributed by atoms with E-state index in [1.165, 1.54) is 24.8 Å². The van der Waals surface area contributed by atoms with Crippen molar-refractivity contribution in [3.8, 4) is 0 Å². The van der Waals surface area contributed by atoms with Gasteiger partial charge < -0.3 is 4.74 Å². The van der Waals surface area contributed by atoms with Crippen molar-refractivity contribution in [3.63, 3.8) is 0 Å². The van der Waals surface area contributed by atoms with E-state index >= 15 is 0 Å². The summed E-state index contributed by atoms with van der Waals surface area (Å²) in [5, 5.41) is 1.65. The van der Waals surface area contributed by atoms with Crippen LogP contribution in [-0.4, -0.2) is 20.6 Å². The highest BCUT2D eigenvalue weighted by Crippen LogP contribution is 2.30. The monoisotopic (exact) mass is 388 g/mol. The van der Waals surface area contributed by atoms with Gasteiger partial charge in [-0.05, 0) is 36.8 Å². The molecule has 0 amide bonds. The highest BCUT2D eigenvalue weighted by Gasteiger charge is 2.25. The lowest BCUT2D eigenvalue weighted by molar-refractivity contribution is -0.134. The van der Waals surface area contributed by atoms with Crippen molar-refractivity contribution in [1.82, 2.24) is 0 Å². The Morgan fingerprint density at radius 1 is 1.04 bits per heavy atom. The van der Waals surface area contributed by atoms with Crippen molar-refractivity contribution in [1.29, 1.82) is 0 Å². The number of carbonyl (C=O) groups excluding carboxylic acids is 1. The summed E-state index contributed by atoms with van der Waals surface area (Å²) in [5.74, 6) is -0.568. The van der Waals surface area contributed by atoms with Crippen LogP contribution in [0.15, 0.2) is 75.9 Å². The van der Waals surface area contributed by atoms with Crippen molar-refractivity contribution < 1.29 is 17.9 Å². The number of thioether (sulfide) groups is 1. The molecule has 0 radical (unpaired) electrons. The number of esters is 1. The van der Waals surface area contributed by atoms with E-state index in [0.29, 0.717) is 5.56 Å². The molecule has 2 aromatic rings. The van der Waals surface area contributed by atoms with Gasteiger partial charge in [0.1, 0.15) is 4.91 Å². The lowest BCUT2D eigenvalue weighted by Gasteiger charge is -2.13. The van der Waals surface area contributed by atoms with Gasteiger partial charge in [-0.15, -0.1) is 11.8 Å². The molecule has 0 saturated heterocycles. The molecule has 0 spiro atoms. The largest absolute Gasteiger partial charge is 0.425 e. The van der Waals surface area contributed by atoms with Gasteiger partial charge in [-0.1, -0.05) is 48.0 Å². The number of sulfone groups is 1. The van der Waals surface area contributed by atoms with Crippen LogP contribution in [0.3, 0.4) is 0 Å². The molecule has 0 fully saturated rings. The fourth-order valence-corrected chi connectivity index (χ4v) is 4.00. The van der Waals surface area contributed by atoms with Gasteiger partial charge in [0.2, 0.25) is 9.84 Å². The second kappa shape index (κ2) is 8.87. The second-order valence-corrected chi connectivity index (χ2v) is 8.17. The Morgan fingerprint density at radius 3 is 2.19 bits per heavy atom. The standard InChI is InChI=1S/C20H20O4S2/c1-15-9-11-18(12-10-15)26(22,23)19(13-14-25-3)20(24-16(2)21)17-7-5-4-6-8-17/h4-14H,1-3H3/b14-13+,20-19-. The molecule has 2 aromatic carbocycles. The van der Waals surface area contributed by atoms with Gasteiger partial charge in [-0.25, -0.2) is 8.42 Å². The molecular weight excluding hydrogens is 368 g/mol. The molecule has 0 bridgehead atoms. The number of rotatable bonds is 6. The van der Waals surface area contributed by atoms with Gasteiger partial charge in [0.05, 0.1) is 4.90 Å². The van der Waals surface area contributed by atoms with E-state index in [4.69, 9.17) is 4.74 Å². The van der Waals surface area contributed by atoms with Gasteiger partial charge in [0.15, 0.2) is 5.76 Å². The third-order valence-electron chi connectivity index (χ3n) is 3.48. The zero-order valence-corrected chi connectivity index (χ0v) is 16.4. The normalized spacial score (nSPS) is 12.7. The third-order valence-corrected chi connectivity index (χ3v) is 5.68. The summed E-state index contributed by atoms with van der Waals surface area (Å²) in [6.45, 7) is 3.13. The first-order chi connectivity index (χ1) is 12.4. The van der Waals surface area contributed by atoms with Crippen LogP contribution in [-0.2, 0) is 19.4 Å². The van der Waals surface area contributed by atoms with Crippen molar-refractivity contribution in [3.05, 3.63) is 82.1 Å². The molecule has 0 saturated carbocycles. The molecule has 0 heterocycles. The van der Waals surface area contributed by atoms with E-state index in [1.54, 1.807) is 60.0 Å². The number of ether oxygens (including phenoxy) is 1. The maximum atomic E-state index is 13.2. The molecule has 26 heavy (non-hydrogen) atoms. The quantitative estimate of drug-likeness (QED) is 0.412. The fraction of sp³-hybridized carbons (Fsp3) is 0.150. The molecule has 4 nitrogen and oxygen atoms in total. The Balaban J connectivity index is 2.76. The Bertz CT molecular complexity index is 926. The van der Waals surface area contributed by atoms with E-state index in [0.717, 1.165) is 5.56 Å². The fourth-order valence-electron chi connectivity index (χ4n) is 2.25. The smallest absolute Gasteiger partial charge is 0.308 e. The minimum atomic E-state index is -3.88. The lowest BCUT2D eigenvalue weighted by atomic mass is 10.2. The summed E-state index contributed by atoms with van der Waals surface area (Å²) in [7, 11) is -3.88. The number of hydrogen-bond donors (Lipinski definition) is 0. The van der Waals surface area contributed by atoms with Crippen LogP contribution in [0.25, 0.3) is 5.76 Å². The van der Waals surface area contributed by atoms with E-state index < -0.39 is 15.8 Å². The number of aryl methyl sites for hydroxylation is 1. The topological polar surface area (TPSA) is 60.4 Å². The number of hydrogen-bond acceptors (Lipinski definition) is 5. The molecule has 6 heteroatoms. The van der Waals surface area contributed by atoms with Crippen LogP contribution in [0.2, 0.25) is 0 Å². The Morgan fingerprint density at radius 2 is 1.65 bits per heavy atom. The van der Waals surface area contributed by atoms with Gasteiger partial charge in [0.25, 0.3) is 0 Å². The SMILES string of the molecule is CS/C=C/C(=C(/OC(C)=O)c1ccccc1)S(=O)(=O)c1ccc(C)cc1. The molecule has 0 aliphatic carbocycles. The van der Waals surface area contributed by atoms with Crippen molar-refractivity contribution in [2.75, 3.05) is 6.26 Å². The summed E-state index contributed by atoms with van der Waals surface area (Å²) >= 11 is 1.36. The van der Waals surface area contributed by atoms with Gasteiger partial charge in [0, 0.05) is 12.5 Å². The summed E-state index contributed by atoms with van der Waals surface area (Å²) in [5.41, 5.74) is 1.47. The molecule has 0 N–H and O–H groups in total. The van der Waals surface area contributed by atoms with Crippen molar-refractivity contribution in [2.45, 2.75) is 18.7 Å². The van der Waals surface area contributed by atoms with Gasteiger partial charge in [-0.2, -0.15) is 0 Å². The van der Waals surface area contributed by atoms with Gasteiger partial charge in [-0.3, -0.25) is 4.79 Å². The summed E-state index contributed by atoms with van der Waals surface area (Å²) in [6, 6.07) is 15.3. The van der Waals surface area contributed by atoms with E-state index in [9.17, 15) is 13.2 Å². The molecule has 0 atom stereocenters. The number of benzene rings is 2. The second-order valence-electron chi connectivity index (χ2n) is 5.51. The van der Waals surface area contributed by atoms with Crippen LogP contribution in [0.1, 0.15) is 18.1 Å². The molecular formula is C20H20O4S2. The van der Waals surface area contributed by atoms with Crippen LogP contribution < -0.4 is 0 Å². The van der Waals surface area contributed by atoms with Crippen LogP contribution in [0, 0.1) is 6.92 Å². The van der Waals surface area contributed by atoms with Crippen LogP contribution in [0.5, 0.6) is 0 Å². The molecule has 0 aliphatic heterocycles. The average molecular weight is 389 g/mol. The van der Waals surface area contributed by atoms with Gasteiger partial charge >= 0.3 is 5.97 Å². The maximum Gasteiger partial charge on any atom is 0.308 e. The Kier molecular flexibility index (Phi) is 6.83. The van der Waals surface area contributed by atoms with Crippen LogP contribution in [0.4, 0.5) is 0 Å². The first-order valence-corrected chi connectivity index (χ1v) is 10.6. The van der Waals surface area contributed by atoms with E-state index in [-0.39, 0.29) is 15.6 Å². The molecule has 0 aliphatic rings. The van der Waals surface area contributed by atoms with E-state index in [1.807, 2.05) is 13.2 Å². The first kappa shape index (κ1) is 20.0. The predicted octanol–water partition coefficient (Wildman–Crippen LogP) is 4.58. The molecule has 0 aromatic heterocycles. The molecule has 136 valence electrons. The summed E-state index contributed by atoms with van der Waals surface area (Å²) in [4.78, 5) is 11.7. The Labute approximate surface area is 158 Å². The average Bonchev–Trinajstić information content (AvgIpc) is 2.61. The zero-order valence-electron chi connectivity index (χ0n) is 14.8. The number of allylic oxidation sites excluding steroid dienone is 1. The lowest BCUT2D eigenvalue weighted by Crippen LogP contribution is -2.10. The minimum absolute atomic E-state index is 0.0176. The highest BCUT2D eigenvalue weighted by molar-refractivity contribution is 8.01. The predicted molar refractivity (Wildman–Crippen MR) is 106 cm³/mol. The summed E-state index contributed by atoms with van der Waals surface area (Å²) < 4.78 is 31.8. The molecule has 2 rings (SSSR count). The van der Waals surface area contributed by atoms with Crippen molar-refractivity contribution >= 4 is 33.3 Å². The number of carbonyl (C=O) groups is 1. The summed E-state index contributed by atoms with van der Waals surface area (Å²) in [6.07, 6.45) is 3.28.